The Balaban J connectivity index is 1.61. The minimum Gasteiger partial charge on any atom is -0.372 e. The third-order valence-corrected chi connectivity index (χ3v) is 8.33. The zero-order chi connectivity index (χ0) is 23.6. The van der Waals surface area contributed by atoms with Gasteiger partial charge in [0.15, 0.2) is 5.82 Å². The maximum Gasteiger partial charge on any atom is 0.227 e. The number of amides is 1. The smallest absolute Gasteiger partial charge is 0.227 e. The molecule has 9 heteroatoms. The Kier molecular flexibility index (Phi) is 7.83. The van der Waals surface area contributed by atoms with Gasteiger partial charge in [0.25, 0.3) is 0 Å². The Morgan fingerprint density at radius 1 is 1.12 bits per heavy atom. The lowest BCUT2D eigenvalue weighted by Crippen LogP contribution is -2.45. The lowest BCUT2D eigenvalue weighted by atomic mass is 9.86. The molecule has 32 heavy (non-hydrogen) atoms. The predicted octanol–water partition coefficient (Wildman–Crippen LogP) is 3.57. The van der Waals surface area contributed by atoms with Crippen molar-refractivity contribution in [3.8, 4) is 0 Å². The molecule has 1 saturated carbocycles. The molecule has 0 radical (unpaired) electrons. The number of rotatable bonds is 6. The summed E-state index contributed by atoms with van der Waals surface area (Å²) in [4.78, 5) is 14.9. The van der Waals surface area contributed by atoms with Crippen molar-refractivity contribution in [2.45, 2.75) is 83.8 Å². The molecule has 2 N–H and O–H groups in total. The minimum absolute atomic E-state index is 0.0701. The third-order valence-electron chi connectivity index (χ3n) is 6.43. The second-order valence-corrected chi connectivity index (χ2v) is 11.8. The zero-order valence-corrected chi connectivity index (χ0v) is 20.5. The first-order chi connectivity index (χ1) is 15.0. The number of halogens is 1. The van der Waals surface area contributed by atoms with Gasteiger partial charge in [0.2, 0.25) is 15.9 Å². The lowest BCUT2D eigenvalue weighted by Gasteiger charge is -2.37. The van der Waals surface area contributed by atoms with E-state index in [1.807, 2.05) is 19.9 Å². The van der Waals surface area contributed by atoms with Crippen LogP contribution in [0.5, 0.6) is 0 Å². The largest absolute Gasteiger partial charge is 0.372 e. The number of carbonyl (C=O) groups excluding carboxylic acids is 1. The molecule has 0 bridgehead atoms. The molecule has 0 unspecified atom stereocenters. The first-order valence-corrected chi connectivity index (χ1v) is 13.0. The van der Waals surface area contributed by atoms with Crippen molar-refractivity contribution in [2.24, 2.45) is 5.92 Å². The number of carbonyl (C=O) groups is 1. The molecule has 1 aliphatic carbocycles. The van der Waals surface area contributed by atoms with E-state index in [9.17, 15) is 13.2 Å². The number of anilines is 2. The van der Waals surface area contributed by atoms with E-state index >= 15 is 4.39 Å². The molecule has 1 aromatic rings. The van der Waals surface area contributed by atoms with Gasteiger partial charge in [-0.3, -0.25) is 4.79 Å². The van der Waals surface area contributed by atoms with Gasteiger partial charge in [0.1, 0.15) is 0 Å². The maximum atomic E-state index is 15.1. The van der Waals surface area contributed by atoms with Crippen molar-refractivity contribution in [3.63, 3.8) is 0 Å². The highest BCUT2D eigenvalue weighted by molar-refractivity contribution is 7.90. The SMILES string of the molecule is Cc1c(N2C[C@@H](C)O[C@@H](C)C2)ccc(NC(=O)[C@H]2CC[C@H](NS(=O)(=O)C(C)C)CC2)c1F. The van der Waals surface area contributed by atoms with Gasteiger partial charge < -0.3 is 15.0 Å². The second-order valence-electron chi connectivity index (χ2n) is 9.48. The van der Waals surface area contributed by atoms with Crippen LogP contribution < -0.4 is 14.9 Å². The molecular weight excluding hydrogens is 433 g/mol. The molecule has 1 saturated heterocycles. The molecule has 1 heterocycles. The van der Waals surface area contributed by atoms with Crippen molar-refractivity contribution in [3.05, 3.63) is 23.5 Å². The van der Waals surface area contributed by atoms with Crippen molar-refractivity contribution < 1.29 is 22.3 Å². The van der Waals surface area contributed by atoms with E-state index in [1.165, 1.54) is 0 Å². The number of hydrogen-bond acceptors (Lipinski definition) is 5. The average Bonchev–Trinajstić information content (AvgIpc) is 2.71. The predicted molar refractivity (Wildman–Crippen MR) is 125 cm³/mol. The van der Waals surface area contributed by atoms with E-state index in [0.717, 1.165) is 5.69 Å². The first-order valence-electron chi connectivity index (χ1n) is 11.5. The topological polar surface area (TPSA) is 87.7 Å². The van der Waals surface area contributed by atoms with Gasteiger partial charge in [0, 0.05) is 36.3 Å². The molecule has 7 nitrogen and oxygen atoms in total. The summed E-state index contributed by atoms with van der Waals surface area (Å²) in [6, 6.07) is 3.34. The fourth-order valence-corrected chi connectivity index (χ4v) is 5.54. The molecule has 0 aromatic heterocycles. The van der Waals surface area contributed by atoms with Crippen LogP contribution in [0.2, 0.25) is 0 Å². The molecule has 2 atom stereocenters. The van der Waals surface area contributed by atoms with Crippen LogP contribution in [0.25, 0.3) is 0 Å². The van der Waals surface area contributed by atoms with Gasteiger partial charge in [-0.15, -0.1) is 0 Å². The summed E-state index contributed by atoms with van der Waals surface area (Å²) < 4.78 is 47.7. The minimum atomic E-state index is -3.33. The van der Waals surface area contributed by atoms with Crippen molar-refractivity contribution in [1.82, 2.24) is 4.72 Å². The molecule has 0 spiro atoms. The zero-order valence-electron chi connectivity index (χ0n) is 19.7. The number of nitrogens with zero attached hydrogens (tertiary/aromatic N) is 1. The second kappa shape index (κ2) is 10.1. The van der Waals surface area contributed by atoms with E-state index in [1.54, 1.807) is 26.8 Å². The molecule has 1 aliphatic heterocycles. The highest BCUT2D eigenvalue weighted by atomic mass is 32.2. The van der Waals surface area contributed by atoms with Crippen LogP contribution in [-0.2, 0) is 19.6 Å². The van der Waals surface area contributed by atoms with Gasteiger partial charge in [-0.1, -0.05) is 0 Å². The Labute approximate surface area is 191 Å². The summed E-state index contributed by atoms with van der Waals surface area (Å²) in [6.45, 7) is 10.4. The van der Waals surface area contributed by atoms with Gasteiger partial charge >= 0.3 is 0 Å². The van der Waals surface area contributed by atoms with Crippen LogP contribution in [0, 0.1) is 18.7 Å². The van der Waals surface area contributed by atoms with Crippen LogP contribution in [0.4, 0.5) is 15.8 Å². The van der Waals surface area contributed by atoms with Gasteiger partial charge in [-0.2, -0.15) is 0 Å². The van der Waals surface area contributed by atoms with Gasteiger partial charge in [-0.05, 0) is 72.4 Å². The number of hydrogen-bond donors (Lipinski definition) is 2. The van der Waals surface area contributed by atoms with Crippen LogP contribution in [-0.4, -0.2) is 50.9 Å². The van der Waals surface area contributed by atoms with Gasteiger partial charge in [-0.25, -0.2) is 17.5 Å². The summed E-state index contributed by atoms with van der Waals surface area (Å²) in [5, 5.41) is 2.27. The van der Waals surface area contributed by atoms with Gasteiger partial charge in [0.05, 0.1) is 23.1 Å². The summed E-state index contributed by atoms with van der Waals surface area (Å²) in [6.07, 6.45) is 2.47. The highest BCUT2D eigenvalue weighted by Crippen LogP contribution is 2.31. The Morgan fingerprint density at radius 3 is 2.28 bits per heavy atom. The Morgan fingerprint density at radius 2 is 1.72 bits per heavy atom. The fraction of sp³-hybridized carbons (Fsp3) is 0.696. The van der Waals surface area contributed by atoms with Crippen molar-refractivity contribution >= 4 is 27.3 Å². The van der Waals surface area contributed by atoms with E-state index < -0.39 is 21.1 Å². The fourth-order valence-electron chi connectivity index (χ4n) is 4.57. The van der Waals surface area contributed by atoms with E-state index in [4.69, 9.17) is 4.74 Å². The highest BCUT2D eigenvalue weighted by Gasteiger charge is 2.30. The number of sulfonamides is 1. The number of morpholine rings is 1. The molecule has 1 aromatic carbocycles. The van der Waals surface area contributed by atoms with E-state index in [-0.39, 0.29) is 35.8 Å². The average molecular weight is 470 g/mol. The van der Waals surface area contributed by atoms with Crippen LogP contribution in [0.1, 0.15) is 58.9 Å². The lowest BCUT2D eigenvalue weighted by molar-refractivity contribution is -0.120. The number of ether oxygens (including phenoxy) is 1. The van der Waals surface area contributed by atoms with Crippen LogP contribution >= 0.6 is 0 Å². The quantitative estimate of drug-likeness (QED) is 0.665. The molecule has 2 fully saturated rings. The van der Waals surface area contributed by atoms with Crippen molar-refractivity contribution in [1.29, 1.82) is 0 Å². The number of benzene rings is 1. The monoisotopic (exact) mass is 469 g/mol. The molecule has 2 aliphatic rings. The summed E-state index contributed by atoms with van der Waals surface area (Å²) in [7, 11) is -3.33. The standard InChI is InChI=1S/C23H36FN3O4S/c1-14(2)32(29,30)26-19-8-6-18(7-9-19)23(28)25-20-10-11-21(17(5)22(20)24)27-12-15(3)31-16(4)13-27/h10-11,14-16,18-19,26H,6-9,12-13H2,1-5H3,(H,25,28)/t15-,16+,18-,19-. The Hall–Kier alpha value is -1.71. The molecule has 1 amide bonds. The molecular formula is C23H36FN3O4S. The third kappa shape index (κ3) is 5.80. The van der Waals surface area contributed by atoms with Crippen molar-refractivity contribution in [2.75, 3.05) is 23.3 Å². The van der Waals surface area contributed by atoms with Crippen LogP contribution in [0.3, 0.4) is 0 Å². The van der Waals surface area contributed by atoms with E-state index in [2.05, 4.69) is 14.9 Å². The summed E-state index contributed by atoms with van der Waals surface area (Å²) in [5.74, 6) is -0.883. The normalized spacial score (nSPS) is 26.9. The molecule has 3 rings (SSSR count). The van der Waals surface area contributed by atoms with Crippen LogP contribution in [0.15, 0.2) is 12.1 Å². The molecule has 180 valence electrons. The summed E-state index contributed by atoms with van der Waals surface area (Å²) in [5.41, 5.74) is 1.52. The first kappa shape index (κ1) is 24.9. The Bertz CT molecular complexity index is 919. The maximum absolute atomic E-state index is 15.1. The van der Waals surface area contributed by atoms with E-state index in [0.29, 0.717) is 44.3 Å². The summed E-state index contributed by atoms with van der Waals surface area (Å²) >= 11 is 0. The number of nitrogens with one attached hydrogen (secondary N) is 2.